The van der Waals surface area contributed by atoms with E-state index in [1.54, 1.807) is 30.3 Å². The van der Waals surface area contributed by atoms with Gasteiger partial charge in [0.05, 0.1) is 17.2 Å². The molecule has 3 N–H and O–H groups in total. The van der Waals surface area contributed by atoms with E-state index in [1.807, 2.05) is 13.8 Å². The molecule has 3 atom stereocenters. The molecule has 1 spiro atoms. The zero-order valence-corrected chi connectivity index (χ0v) is 21.2. The number of benzene rings is 2. The number of rotatable bonds is 4. The molecule has 1 saturated carbocycles. The van der Waals surface area contributed by atoms with Crippen molar-refractivity contribution in [3.05, 3.63) is 63.4 Å². The summed E-state index contributed by atoms with van der Waals surface area (Å²) in [4.78, 5) is 27.7. The second kappa shape index (κ2) is 8.84. The number of hydrogen-bond acceptors (Lipinski definition) is 4. The van der Waals surface area contributed by atoms with Gasteiger partial charge in [-0.2, -0.15) is 0 Å². The summed E-state index contributed by atoms with van der Waals surface area (Å²) in [5, 5.41) is 16.7. The van der Waals surface area contributed by atoms with Crippen molar-refractivity contribution in [2.45, 2.75) is 75.0 Å². The molecule has 1 aliphatic carbocycles. The third-order valence-electron chi connectivity index (χ3n) is 8.28. The molecule has 0 radical (unpaired) electrons. The van der Waals surface area contributed by atoms with Crippen LogP contribution in [0.4, 0.5) is 10.1 Å². The number of aliphatic hydroxyl groups is 1. The van der Waals surface area contributed by atoms with Crippen LogP contribution in [0, 0.1) is 11.7 Å². The van der Waals surface area contributed by atoms with Crippen molar-refractivity contribution >= 4 is 40.6 Å². The number of carbonyl (C=O) groups excluding carboxylic acids is 2. The summed E-state index contributed by atoms with van der Waals surface area (Å²) in [5.41, 5.74) is -0.657. The first-order chi connectivity index (χ1) is 16.6. The van der Waals surface area contributed by atoms with Crippen LogP contribution in [-0.2, 0) is 15.0 Å². The van der Waals surface area contributed by atoms with Crippen molar-refractivity contribution in [2.24, 2.45) is 5.92 Å². The summed E-state index contributed by atoms with van der Waals surface area (Å²) in [5.74, 6) is -1.64. The molecule has 1 amide bonds. The van der Waals surface area contributed by atoms with Crippen LogP contribution in [0.2, 0.25) is 10.0 Å². The van der Waals surface area contributed by atoms with E-state index in [4.69, 9.17) is 23.2 Å². The molecule has 2 fully saturated rings. The standard InChI is InChI=1S/C27H29Cl2FN2O3/c1-26(2)27(18-11-8-15(28)13-20(18)31-25(27)35)22(17-4-3-5-19(29)23(17)30)24(32-26)21(34)12-14-6-9-16(33)10-7-14/h3-5,8,11,13-14,16,22,24,32-33H,6-7,9-10,12H2,1-2H3,(H,31,35)/t14?,16?,22-,24-,27+/m0/s1. The Morgan fingerprint density at radius 3 is 2.57 bits per heavy atom. The fraction of sp³-hybridized carbons (Fsp3) is 0.481. The summed E-state index contributed by atoms with van der Waals surface area (Å²) < 4.78 is 15.6. The van der Waals surface area contributed by atoms with E-state index in [0.717, 1.165) is 12.8 Å². The SMILES string of the molecule is CC1(C)N[C@@H](C(=O)CC2CCC(O)CC2)[C@H](c2cccc(Cl)c2F)[C@]12C(=O)Nc1cc(Cl)ccc12. The smallest absolute Gasteiger partial charge is 0.237 e. The van der Waals surface area contributed by atoms with Gasteiger partial charge in [-0.25, -0.2) is 4.39 Å². The van der Waals surface area contributed by atoms with Gasteiger partial charge in [0.2, 0.25) is 5.91 Å². The summed E-state index contributed by atoms with van der Waals surface area (Å²) in [6, 6.07) is 9.14. The van der Waals surface area contributed by atoms with Crippen LogP contribution in [0.5, 0.6) is 0 Å². The van der Waals surface area contributed by atoms with Gasteiger partial charge in [-0.05, 0) is 74.8 Å². The number of ketones is 1. The number of hydrogen-bond donors (Lipinski definition) is 3. The molecule has 2 aliphatic heterocycles. The van der Waals surface area contributed by atoms with Crippen molar-refractivity contribution in [1.82, 2.24) is 5.32 Å². The minimum Gasteiger partial charge on any atom is -0.393 e. The minimum absolute atomic E-state index is 0.0513. The molecule has 35 heavy (non-hydrogen) atoms. The molecule has 5 rings (SSSR count). The van der Waals surface area contributed by atoms with Crippen molar-refractivity contribution in [3.8, 4) is 0 Å². The number of fused-ring (bicyclic) bond motifs is 2. The molecule has 2 heterocycles. The van der Waals surface area contributed by atoms with Gasteiger partial charge >= 0.3 is 0 Å². The maximum absolute atomic E-state index is 15.6. The van der Waals surface area contributed by atoms with Gasteiger partial charge in [-0.15, -0.1) is 0 Å². The summed E-state index contributed by atoms with van der Waals surface area (Å²) in [6.07, 6.45) is 2.89. The van der Waals surface area contributed by atoms with Crippen LogP contribution in [-0.4, -0.2) is 34.5 Å². The summed E-state index contributed by atoms with van der Waals surface area (Å²) in [6.45, 7) is 3.77. The molecular formula is C27H29Cl2FN2O3. The Bertz CT molecular complexity index is 1190. The average Bonchev–Trinajstić information content (AvgIpc) is 3.23. The fourth-order valence-electron chi connectivity index (χ4n) is 6.66. The van der Waals surface area contributed by atoms with E-state index in [2.05, 4.69) is 10.6 Å². The highest BCUT2D eigenvalue weighted by Gasteiger charge is 2.69. The molecular weight excluding hydrogens is 490 g/mol. The van der Waals surface area contributed by atoms with Gasteiger partial charge in [-0.1, -0.05) is 41.4 Å². The van der Waals surface area contributed by atoms with Gasteiger partial charge in [0, 0.05) is 28.6 Å². The van der Waals surface area contributed by atoms with Gasteiger partial charge in [0.25, 0.3) is 0 Å². The lowest BCUT2D eigenvalue weighted by atomic mass is 9.60. The zero-order valence-electron chi connectivity index (χ0n) is 19.7. The Labute approximate surface area is 214 Å². The largest absolute Gasteiger partial charge is 0.393 e. The molecule has 0 aromatic heterocycles. The highest BCUT2D eigenvalue weighted by Crippen LogP contribution is 2.59. The van der Waals surface area contributed by atoms with Crippen LogP contribution in [0.1, 0.15) is 63.0 Å². The fourth-order valence-corrected chi connectivity index (χ4v) is 7.02. The maximum Gasteiger partial charge on any atom is 0.237 e. The highest BCUT2D eigenvalue weighted by molar-refractivity contribution is 6.31. The minimum atomic E-state index is -1.26. The second-order valence-electron chi connectivity index (χ2n) is 10.7. The first-order valence-electron chi connectivity index (χ1n) is 12.1. The number of nitrogens with one attached hydrogen (secondary N) is 2. The predicted octanol–water partition coefficient (Wildman–Crippen LogP) is 5.37. The van der Waals surface area contributed by atoms with Crippen LogP contribution >= 0.6 is 23.2 Å². The highest BCUT2D eigenvalue weighted by atomic mass is 35.5. The topological polar surface area (TPSA) is 78.4 Å². The third kappa shape index (κ3) is 3.81. The molecule has 2 aromatic carbocycles. The average molecular weight is 519 g/mol. The Kier molecular flexibility index (Phi) is 6.24. The van der Waals surface area contributed by atoms with Crippen molar-refractivity contribution in [3.63, 3.8) is 0 Å². The lowest BCUT2D eigenvalue weighted by Gasteiger charge is -2.40. The van der Waals surface area contributed by atoms with Crippen LogP contribution in [0.25, 0.3) is 0 Å². The normalized spacial score (nSPS) is 31.4. The number of carbonyl (C=O) groups is 2. The van der Waals surface area contributed by atoms with Gasteiger partial charge in [0.15, 0.2) is 5.78 Å². The molecule has 5 nitrogen and oxygen atoms in total. The van der Waals surface area contributed by atoms with Gasteiger partial charge in [0.1, 0.15) is 11.2 Å². The lowest BCUT2D eigenvalue weighted by molar-refractivity contribution is -0.123. The number of anilines is 1. The van der Waals surface area contributed by atoms with E-state index in [0.29, 0.717) is 35.5 Å². The maximum atomic E-state index is 15.6. The van der Waals surface area contributed by atoms with Crippen LogP contribution in [0.15, 0.2) is 36.4 Å². The van der Waals surface area contributed by atoms with E-state index in [9.17, 15) is 14.7 Å². The molecule has 3 aliphatic rings. The molecule has 186 valence electrons. The second-order valence-corrected chi connectivity index (χ2v) is 11.5. The van der Waals surface area contributed by atoms with Crippen LogP contribution in [0.3, 0.4) is 0 Å². The van der Waals surface area contributed by atoms with E-state index < -0.39 is 28.7 Å². The van der Waals surface area contributed by atoms with Gasteiger partial charge in [-0.3, -0.25) is 9.59 Å². The summed E-state index contributed by atoms with van der Waals surface area (Å²) in [7, 11) is 0. The van der Waals surface area contributed by atoms with E-state index in [-0.39, 0.29) is 34.3 Å². The quantitative estimate of drug-likeness (QED) is 0.508. The Morgan fingerprint density at radius 2 is 1.86 bits per heavy atom. The Balaban J connectivity index is 1.65. The number of amides is 1. The molecule has 1 saturated heterocycles. The van der Waals surface area contributed by atoms with Gasteiger partial charge < -0.3 is 15.7 Å². The van der Waals surface area contributed by atoms with Crippen molar-refractivity contribution in [1.29, 1.82) is 0 Å². The lowest BCUT2D eigenvalue weighted by Crippen LogP contribution is -2.55. The zero-order chi connectivity index (χ0) is 25.1. The molecule has 2 aromatic rings. The third-order valence-corrected chi connectivity index (χ3v) is 8.81. The summed E-state index contributed by atoms with van der Waals surface area (Å²) >= 11 is 12.4. The Hall–Kier alpha value is -1.99. The van der Waals surface area contributed by atoms with E-state index in [1.165, 1.54) is 6.07 Å². The Morgan fingerprint density at radius 1 is 1.14 bits per heavy atom. The van der Waals surface area contributed by atoms with Crippen LogP contribution < -0.4 is 10.6 Å². The van der Waals surface area contributed by atoms with Crippen molar-refractivity contribution < 1.29 is 19.1 Å². The molecule has 8 heteroatoms. The predicted molar refractivity (Wildman–Crippen MR) is 135 cm³/mol. The molecule has 0 unspecified atom stereocenters. The number of Topliss-reactive ketones (excluding diaryl/α,β-unsaturated/α-hetero) is 1. The first-order valence-corrected chi connectivity index (χ1v) is 12.9. The number of aliphatic hydroxyl groups excluding tert-OH is 1. The van der Waals surface area contributed by atoms with E-state index >= 15 is 4.39 Å². The molecule has 0 bridgehead atoms. The van der Waals surface area contributed by atoms with Crippen molar-refractivity contribution in [2.75, 3.05) is 5.32 Å². The number of halogens is 3. The monoisotopic (exact) mass is 518 g/mol. The first kappa shape index (κ1) is 24.7.